The molecule has 0 bridgehead atoms. The van der Waals surface area contributed by atoms with E-state index in [-0.39, 0.29) is 36.2 Å². The maximum atomic E-state index is 11.7. The minimum Gasteiger partial charge on any atom is -0.497 e. The lowest BCUT2D eigenvalue weighted by molar-refractivity contribution is -0.136. The maximum absolute atomic E-state index is 11.7. The van der Waals surface area contributed by atoms with E-state index in [1.807, 2.05) is 86.7 Å². The summed E-state index contributed by atoms with van der Waals surface area (Å²) in [5, 5.41) is 21.2. The van der Waals surface area contributed by atoms with E-state index in [2.05, 4.69) is 84.9 Å². The number of methoxy groups -OCH3 is 3. The Labute approximate surface area is 362 Å². The van der Waals surface area contributed by atoms with E-state index >= 15 is 0 Å². The van der Waals surface area contributed by atoms with E-state index in [9.17, 15) is 15.0 Å². The molecule has 0 fully saturated rings. The van der Waals surface area contributed by atoms with Gasteiger partial charge in [-0.05, 0) is 84.6 Å². The van der Waals surface area contributed by atoms with Crippen LogP contribution in [0.15, 0.2) is 132 Å². The number of benzene rings is 3. The SMILES string of the molecule is CC[Si](CC)(O[C@H]([C@H](C)/C=C(C)/C=C(\OC)C(=O)O)[C@@H](C)C/C(C)=C/C=C/[C@H](OC)[C@H](O)[C@@H](C)COC(c1ccccc1)(c1ccccc1)c1ccc(OC)cc1)C(C)C. The van der Waals surface area contributed by atoms with Crippen LogP contribution in [0.5, 0.6) is 5.75 Å². The number of aliphatic carboxylic acids is 1. The van der Waals surface area contributed by atoms with Crippen LogP contribution in [0.25, 0.3) is 0 Å². The van der Waals surface area contributed by atoms with Crippen molar-refractivity contribution >= 4 is 14.3 Å². The summed E-state index contributed by atoms with van der Waals surface area (Å²) in [4.78, 5) is 11.6. The quantitative estimate of drug-likeness (QED) is 0.0286. The molecule has 3 aromatic carbocycles. The van der Waals surface area contributed by atoms with Crippen molar-refractivity contribution in [2.75, 3.05) is 27.9 Å². The van der Waals surface area contributed by atoms with Crippen molar-refractivity contribution in [3.8, 4) is 5.75 Å². The number of ether oxygens (including phenoxy) is 4. The zero-order valence-electron chi connectivity index (χ0n) is 38.2. The number of carboxylic acids is 1. The van der Waals surface area contributed by atoms with Crippen LogP contribution in [0.3, 0.4) is 0 Å². The summed E-state index contributed by atoms with van der Waals surface area (Å²) in [6.07, 6.45) is 8.95. The lowest BCUT2D eigenvalue weighted by Gasteiger charge is -2.41. The van der Waals surface area contributed by atoms with Crippen LogP contribution >= 0.6 is 0 Å². The third-order valence-electron chi connectivity index (χ3n) is 12.0. The molecule has 0 amide bonds. The number of allylic oxidation sites excluding steroid dienone is 5. The largest absolute Gasteiger partial charge is 0.497 e. The highest BCUT2D eigenvalue weighted by atomic mass is 28.4. The van der Waals surface area contributed by atoms with Crippen LogP contribution in [0.1, 0.15) is 85.4 Å². The molecule has 0 heterocycles. The zero-order chi connectivity index (χ0) is 44.5. The molecule has 3 aromatic rings. The van der Waals surface area contributed by atoms with Crippen LogP contribution in [0.4, 0.5) is 0 Å². The van der Waals surface area contributed by atoms with Gasteiger partial charge in [0.2, 0.25) is 5.76 Å². The van der Waals surface area contributed by atoms with Gasteiger partial charge in [-0.2, -0.15) is 0 Å². The van der Waals surface area contributed by atoms with Gasteiger partial charge >= 0.3 is 5.97 Å². The maximum Gasteiger partial charge on any atom is 0.371 e. The van der Waals surface area contributed by atoms with Crippen molar-refractivity contribution in [3.05, 3.63) is 149 Å². The van der Waals surface area contributed by atoms with Crippen molar-refractivity contribution in [1.29, 1.82) is 0 Å². The number of carboxylic acid groups (broad SMARTS) is 1. The summed E-state index contributed by atoms with van der Waals surface area (Å²) in [5.41, 5.74) is 4.40. The summed E-state index contributed by atoms with van der Waals surface area (Å²) in [7, 11) is 2.57. The van der Waals surface area contributed by atoms with Gasteiger partial charge in [0.25, 0.3) is 0 Å². The Hall–Kier alpha value is -4.25. The van der Waals surface area contributed by atoms with Gasteiger partial charge in [-0.1, -0.05) is 157 Å². The summed E-state index contributed by atoms with van der Waals surface area (Å²) in [6.45, 7) is 19.7. The molecule has 2 N–H and O–H groups in total. The third-order valence-corrected chi connectivity index (χ3v) is 17.2. The van der Waals surface area contributed by atoms with Gasteiger partial charge in [0.05, 0.1) is 33.0 Å². The van der Waals surface area contributed by atoms with Crippen LogP contribution in [-0.4, -0.2) is 70.7 Å². The Morgan fingerprint density at radius 1 is 0.800 bits per heavy atom. The first-order valence-electron chi connectivity index (χ1n) is 21.4. The number of aliphatic hydroxyl groups excluding tert-OH is 1. The highest BCUT2D eigenvalue weighted by Gasteiger charge is 2.41. The number of hydrogen-bond donors (Lipinski definition) is 2. The number of carbonyl (C=O) groups is 1. The molecule has 0 radical (unpaired) electrons. The molecule has 0 unspecified atom stereocenters. The summed E-state index contributed by atoms with van der Waals surface area (Å²) in [5.74, 6) is -0.531. The minimum atomic E-state index is -2.07. The highest BCUT2D eigenvalue weighted by molar-refractivity contribution is 6.75. The Morgan fingerprint density at radius 3 is 1.82 bits per heavy atom. The molecule has 328 valence electrons. The van der Waals surface area contributed by atoms with Gasteiger partial charge in [-0.3, -0.25) is 0 Å². The fourth-order valence-corrected chi connectivity index (χ4v) is 12.0. The molecule has 9 heteroatoms. The molecule has 0 saturated heterocycles. The number of aliphatic hydroxyl groups is 1. The Bertz CT molecular complexity index is 1810. The Balaban J connectivity index is 1.86. The number of hydrogen-bond acceptors (Lipinski definition) is 7. The average molecular weight is 841 g/mol. The van der Waals surface area contributed by atoms with E-state index in [1.54, 1.807) is 20.3 Å². The van der Waals surface area contributed by atoms with Crippen molar-refractivity contribution in [1.82, 2.24) is 0 Å². The molecule has 8 nitrogen and oxygen atoms in total. The van der Waals surface area contributed by atoms with Gasteiger partial charge < -0.3 is 33.6 Å². The fourth-order valence-electron chi connectivity index (χ4n) is 8.31. The molecule has 0 aliphatic carbocycles. The van der Waals surface area contributed by atoms with Gasteiger partial charge in [0.15, 0.2) is 8.32 Å². The second kappa shape index (κ2) is 24.3. The van der Waals surface area contributed by atoms with Crippen molar-refractivity contribution in [2.45, 2.75) is 110 Å². The monoisotopic (exact) mass is 840 g/mol. The van der Waals surface area contributed by atoms with Gasteiger partial charge in [-0.25, -0.2) is 4.79 Å². The summed E-state index contributed by atoms with van der Waals surface area (Å²) in [6, 6.07) is 30.4. The smallest absolute Gasteiger partial charge is 0.371 e. The molecular weight excluding hydrogens is 769 g/mol. The van der Waals surface area contributed by atoms with Crippen LogP contribution < -0.4 is 4.74 Å². The first-order valence-corrected chi connectivity index (χ1v) is 23.8. The highest BCUT2D eigenvalue weighted by Crippen LogP contribution is 2.42. The van der Waals surface area contributed by atoms with Crippen molar-refractivity contribution in [2.24, 2.45) is 17.8 Å². The first kappa shape index (κ1) is 50.1. The molecule has 0 aliphatic heterocycles. The zero-order valence-corrected chi connectivity index (χ0v) is 39.2. The van der Waals surface area contributed by atoms with Gasteiger partial charge in [-0.15, -0.1) is 0 Å². The van der Waals surface area contributed by atoms with Crippen LogP contribution in [0, 0.1) is 17.8 Å². The molecule has 60 heavy (non-hydrogen) atoms. The third kappa shape index (κ3) is 13.1. The van der Waals surface area contributed by atoms with E-state index in [4.69, 9.17) is 23.4 Å². The molecule has 0 aromatic heterocycles. The van der Waals surface area contributed by atoms with Crippen LogP contribution in [-0.2, 0) is 29.0 Å². The number of rotatable bonds is 25. The van der Waals surface area contributed by atoms with Gasteiger partial charge in [0, 0.05) is 13.0 Å². The van der Waals surface area contributed by atoms with Gasteiger partial charge in [0.1, 0.15) is 17.5 Å². The molecule has 0 aliphatic rings. The van der Waals surface area contributed by atoms with E-state index < -0.39 is 32.1 Å². The molecule has 3 rings (SSSR count). The second-order valence-corrected chi connectivity index (χ2v) is 21.4. The van der Waals surface area contributed by atoms with Crippen molar-refractivity contribution < 1.29 is 38.4 Å². The normalized spacial score (nSPS) is 16.3. The Kier molecular flexibility index (Phi) is 20.3. The predicted molar refractivity (Wildman–Crippen MR) is 247 cm³/mol. The van der Waals surface area contributed by atoms with Crippen molar-refractivity contribution in [3.63, 3.8) is 0 Å². The standard InChI is InChI=1S/C51H72O8Si/c1-13-60(14-2,36(3)4)59-49(40(8)33-38(6)34-47(57-12)50(53)54)39(7)32-37(5)22-21-27-46(56-11)48(52)41(9)35-58-51(42-23-17-15-18-24-42,43-25-19-16-20-26-43)44-28-30-45(55-10)31-29-44/h15-31,33-34,36,39-41,46,48-49,52H,13-14,32,35H2,1-12H3,(H,53,54)/b27-21+,37-22+,38-33+,47-34-/t39-,40+,41-,46-,48+,49-/m0/s1. The van der Waals surface area contributed by atoms with E-state index in [1.165, 1.54) is 12.7 Å². The Morgan fingerprint density at radius 2 is 1.35 bits per heavy atom. The summed E-state index contributed by atoms with van der Waals surface area (Å²) < 4.78 is 30.8. The second-order valence-electron chi connectivity index (χ2n) is 16.5. The van der Waals surface area contributed by atoms with Crippen LogP contribution in [0.2, 0.25) is 17.6 Å². The minimum absolute atomic E-state index is 0.0270. The molecule has 0 saturated carbocycles. The first-order chi connectivity index (χ1) is 28.6. The average Bonchev–Trinajstić information content (AvgIpc) is 3.25. The van der Waals surface area contributed by atoms with E-state index in [0.29, 0.717) is 5.54 Å². The lowest BCUT2D eigenvalue weighted by Crippen LogP contribution is -2.47. The molecule has 0 spiro atoms. The van der Waals surface area contributed by atoms with E-state index in [0.717, 1.165) is 46.5 Å². The topological polar surface area (TPSA) is 104 Å². The summed E-state index contributed by atoms with van der Waals surface area (Å²) >= 11 is 0. The molecular formula is C51H72O8Si. The fraction of sp³-hybridized carbons (Fsp3) is 0.471. The predicted octanol–water partition coefficient (Wildman–Crippen LogP) is 11.5. The molecule has 6 atom stereocenters. The lowest BCUT2D eigenvalue weighted by atomic mass is 9.80.